The fourth-order valence-corrected chi connectivity index (χ4v) is 5.37. The normalized spacial score (nSPS) is 20.7. The quantitative estimate of drug-likeness (QED) is 0.554. The number of hydrogen-bond donors (Lipinski definition) is 0. The maximum absolute atomic E-state index is 13.3. The molecule has 126 valence electrons. The van der Waals surface area contributed by atoms with E-state index in [9.17, 15) is 4.79 Å². The standard InChI is InChI=1S/C23H17NOS/c1-14-8-2-3-9-15(14)23-20-21(16-10-4-5-11-17(16)22(20)25)24-18-12-6-7-13-19(18)26-23/h2-13,20,23H,1H3/t20-,23+/m0/s1. The van der Waals surface area contributed by atoms with E-state index < -0.39 is 0 Å². The number of aryl methyl sites for hydroxylation is 1. The number of carbonyl (C=O) groups excluding carboxylic acids is 1. The van der Waals surface area contributed by atoms with Crippen LogP contribution in [-0.4, -0.2) is 11.5 Å². The molecule has 1 aliphatic carbocycles. The zero-order valence-corrected chi connectivity index (χ0v) is 15.2. The van der Waals surface area contributed by atoms with Crippen LogP contribution in [0.4, 0.5) is 5.69 Å². The summed E-state index contributed by atoms with van der Waals surface area (Å²) in [5.74, 6) is -0.0567. The van der Waals surface area contributed by atoms with Gasteiger partial charge in [0.15, 0.2) is 5.78 Å². The maximum Gasteiger partial charge on any atom is 0.174 e. The van der Waals surface area contributed by atoms with E-state index in [1.165, 1.54) is 11.1 Å². The van der Waals surface area contributed by atoms with E-state index in [1.807, 2.05) is 48.5 Å². The van der Waals surface area contributed by atoms with Crippen LogP contribution in [0.5, 0.6) is 0 Å². The second kappa shape index (κ2) is 5.96. The summed E-state index contributed by atoms with van der Waals surface area (Å²) in [7, 11) is 0. The molecule has 0 saturated heterocycles. The predicted octanol–water partition coefficient (Wildman–Crippen LogP) is 5.78. The van der Waals surface area contributed by atoms with Crippen molar-refractivity contribution in [2.75, 3.05) is 0 Å². The molecule has 0 radical (unpaired) electrons. The highest BCUT2D eigenvalue weighted by Gasteiger charge is 2.44. The Balaban J connectivity index is 1.78. The van der Waals surface area contributed by atoms with Crippen LogP contribution in [0.15, 0.2) is 82.7 Å². The zero-order chi connectivity index (χ0) is 17.7. The Labute approximate surface area is 157 Å². The van der Waals surface area contributed by atoms with Crippen LogP contribution in [0.2, 0.25) is 0 Å². The van der Waals surface area contributed by atoms with Gasteiger partial charge in [0.1, 0.15) is 0 Å². The molecule has 26 heavy (non-hydrogen) atoms. The fourth-order valence-electron chi connectivity index (χ4n) is 3.92. The number of para-hydroxylation sites is 1. The van der Waals surface area contributed by atoms with Crippen molar-refractivity contribution in [3.63, 3.8) is 0 Å². The fraction of sp³-hybridized carbons (Fsp3) is 0.130. The number of benzene rings is 3. The Hall–Kier alpha value is -2.65. The SMILES string of the molecule is Cc1ccccc1[C@H]1Sc2ccccc2N=C2c3ccccc3C(=O)[C@H]21. The van der Waals surface area contributed by atoms with Crippen LogP contribution >= 0.6 is 11.8 Å². The molecule has 2 nitrogen and oxygen atoms in total. The third-order valence-corrected chi connectivity index (χ3v) is 6.58. The number of aliphatic imine (C=N–C) groups is 1. The van der Waals surface area contributed by atoms with E-state index in [2.05, 4.69) is 31.2 Å². The second-order valence-corrected chi connectivity index (χ2v) is 7.93. The summed E-state index contributed by atoms with van der Waals surface area (Å²) in [6.45, 7) is 2.12. The van der Waals surface area contributed by atoms with Crippen LogP contribution < -0.4 is 0 Å². The number of rotatable bonds is 1. The minimum absolute atomic E-state index is 0.0264. The van der Waals surface area contributed by atoms with Gasteiger partial charge in [-0.1, -0.05) is 60.7 Å². The van der Waals surface area contributed by atoms with Gasteiger partial charge in [0.05, 0.1) is 22.6 Å². The van der Waals surface area contributed by atoms with Crippen molar-refractivity contribution in [1.29, 1.82) is 0 Å². The van der Waals surface area contributed by atoms with E-state index in [0.717, 1.165) is 27.4 Å². The van der Waals surface area contributed by atoms with Gasteiger partial charge in [-0.2, -0.15) is 0 Å². The highest BCUT2D eigenvalue weighted by atomic mass is 32.2. The molecular weight excluding hydrogens is 338 g/mol. The van der Waals surface area contributed by atoms with Gasteiger partial charge in [0.25, 0.3) is 0 Å². The summed E-state index contributed by atoms with van der Waals surface area (Å²) >= 11 is 1.76. The molecule has 0 unspecified atom stereocenters. The number of fused-ring (bicyclic) bond motifs is 4. The smallest absolute Gasteiger partial charge is 0.174 e. The summed E-state index contributed by atoms with van der Waals surface area (Å²) in [6, 6.07) is 24.5. The number of thioether (sulfide) groups is 1. The van der Waals surface area contributed by atoms with Gasteiger partial charge in [-0.3, -0.25) is 9.79 Å². The summed E-state index contributed by atoms with van der Waals surface area (Å²) in [6.07, 6.45) is 0. The van der Waals surface area contributed by atoms with E-state index in [1.54, 1.807) is 11.8 Å². The van der Waals surface area contributed by atoms with Crippen molar-refractivity contribution >= 4 is 28.9 Å². The van der Waals surface area contributed by atoms with Crippen molar-refractivity contribution in [3.05, 3.63) is 95.1 Å². The molecule has 3 heteroatoms. The molecule has 0 spiro atoms. The molecule has 5 rings (SSSR count). The number of nitrogens with zero attached hydrogens (tertiary/aromatic N) is 1. The van der Waals surface area contributed by atoms with E-state index in [0.29, 0.717) is 0 Å². The molecule has 0 amide bonds. The van der Waals surface area contributed by atoms with Gasteiger partial charge < -0.3 is 0 Å². The Morgan fingerprint density at radius 3 is 2.38 bits per heavy atom. The zero-order valence-electron chi connectivity index (χ0n) is 14.3. The van der Waals surface area contributed by atoms with Gasteiger partial charge in [-0.15, -0.1) is 11.8 Å². The van der Waals surface area contributed by atoms with Crippen LogP contribution in [0.25, 0.3) is 0 Å². The third kappa shape index (κ3) is 2.27. The van der Waals surface area contributed by atoms with E-state index in [-0.39, 0.29) is 17.0 Å². The second-order valence-electron chi connectivity index (χ2n) is 6.75. The lowest BCUT2D eigenvalue weighted by Crippen LogP contribution is -2.22. The van der Waals surface area contributed by atoms with Crippen molar-refractivity contribution in [2.45, 2.75) is 17.1 Å². The summed E-state index contributed by atoms with van der Waals surface area (Å²) in [5, 5.41) is 0.0264. The Bertz CT molecular complexity index is 1070. The van der Waals surface area contributed by atoms with Crippen LogP contribution in [-0.2, 0) is 0 Å². The first-order chi connectivity index (χ1) is 12.7. The molecule has 0 aromatic heterocycles. The van der Waals surface area contributed by atoms with Crippen LogP contribution in [0, 0.1) is 12.8 Å². The molecule has 1 aliphatic heterocycles. The molecule has 3 aromatic rings. The largest absolute Gasteiger partial charge is 0.293 e. The lowest BCUT2D eigenvalue weighted by molar-refractivity contribution is 0.0960. The summed E-state index contributed by atoms with van der Waals surface area (Å²) < 4.78 is 0. The van der Waals surface area contributed by atoms with Crippen molar-refractivity contribution in [3.8, 4) is 0 Å². The van der Waals surface area contributed by atoms with E-state index >= 15 is 0 Å². The van der Waals surface area contributed by atoms with E-state index in [4.69, 9.17) is 4.99 Å². The Kier molecular flexibility index (Phi) is 3.57. The number of carbonyl (C=O) groups is 1. The molecule has 0 bridgehead atoms. The first-order valence-electron chi connectivity index (χ1n) is 8.77. The summed E-state index contributed by atoms with van der Waals surface area (Å²) in [5.41, 5.74) is 6.09. The minimum Gasteiger partial charge on any atom is -0.293 e. The molecule has 3 aromatic carbocycles. The molecule has 0 N–H and O–H groups in total. The average Bonchev–Trinajstić information content (AvgIpc) is 2.84. The minimum atomic E-state index is -0.245. The monoisotopic (exact) mass is 355 g/mol. The molecule has 0 fully saturated rings. The van der Waals surface area contributed by atoms with Gasteiger partial charge in [-0.25, -0.2) is 0 Å². The number of ketones is 1. The van der Waals surface area contributed by atoms with Crippen LogP contribution in [0.3, 0.4) is 0 Å². The lowest BCUT2D eigenvalue weighted by atomic mass is 9.91. The van der Waals surface area contributed by atoms with Crippen molar-refractivity contribution in [1.82, 2.24) is 0 Å². The average molecular weight is 355 g/mol. The molecule has 0 saturated carbocycles. The van der Waals surface area contributed by atoms with Crippen molar-refractivity contribution < 1.29 is 4.79 Å². The van der Waals surface area contributed by atoms with Gasteiger partial charge in [0, 0.05) is 16.0 Å². The third-order valence-electron chi connectivity index (χ3n) is 5.20. The first kappa shape index (κ1) is 15.6. The molecule has 2 atom stereocenters. The van der Waals surface area contributed by atoms with Gasteiger partial charge in [-0.05, 0) is 30.2 Å². The van der Waals surface area contributed by atoms with Gasteiger partial charge >= 0.3 is 0 Å². The maximum atomic E-state index is 13.3. The predicted molar refractivity (Wildman–Crippen MR) is 107 cm³/mol. The van der Waals surface area contributed by atoms with Crippen LogP contribution in [0.1, 0.15) is 32.3 Å². The van der Waals surface area contributed by atoms with Crippen molar-refractivity contribution in [2.24, 2.45) is 10.9 Å². The molecule has 1 heterocycles. The highest BCUT2D eigenvalue weighted by Crippen LogP contribution is 2.51. The lowest BCUT2D eigenvalue weighted by Gasteiger charge is -2.23. The highest BCUT2D eigenvalue weighted by molar-refractivity contribution is 7.99. The van der Waals surface area contributed by atoms with Gasteiger partial charge in [0.2, 0.25) is 0 Å². The topological polar surface area (TPSA) is 29.4 Å². The number of Topliss-reactive ketones (excluding diaryl/α,β-unsaturated/α-hetero) is 1. The Morgan fingerprint density at radius 2 is 1.54 bits per heavy atom. The molecular formula is C23H17NOS. The first-order valence-corrected chi connectivity index (χ1v) is 9.65. The molecule has 2 aliphatic rings. The number of hydrogen-bond acceptors (Lipinski definition) is 3. The Morgan fingerprint density at radius 1 is 0.846 bits per heavy atom. The summed E-state index contributed by atoms with van der Waals surface area (Å²) in [4.78, 5) is 19.4.